The van der Waals surface area contributed by atoms with Crippen molar-refractivity contribution in [2.75, 3.05) is 14.2 Å². The van der Waals surface area contributed by atoms with E-state index < -0.39 is 9.84 Å². The van der Waals surface area contributed by atoms with E-state index in [1.165, 1.54) is 0 Å². The molecule has 0 unspecified atom stereocenters. The van der Waals surface area contributed by atoms with Gasteiger partial charge in [-0.2, -0.15) is 9.97 Å². The van der Waals surface area contributed by atoms with E-state index in [0.717, 1.165) is 16.0 Å². The lowest BCUT2D eigenvalue weighted by molar-refractivity contribution is 0.369. The maximum absolute atomic E-state index is 12.5. The molecule has 0 amide bonds. The molecule has 0 atom stereocenters. The Balaban J connectivity index is 1.59. The highest BCUT2D eigenvalue weighted by Gasteiger charge is 2.14. The van der Waals surface area contributed by atoms with Crippen molar-refractivity contribution in [2.24, 2.45) is 0 Å². The Morgan fingerprint density at radius 3 is 2.13 bits per heavy atom. The molecule has 9 heteroatoms. The second-order valence-corrected chi connectivity index (χ2v) is 10.8. The van der Waals surface area contributed by atoms with Gasteiger partial charge in [0.05, 0.1) is 37.5 Å². The molecular weight excluding hydrogens is 440 g/mol. The van der Waals surface area contributed by atoms with Crippen LogP contribution in [-0.4, -0.2) is 32.6 Å². The number of ether oxygens (including phenoxy) is 2. The molecule has 2 aromatic carbocycles. The summed E-state index contributed by atoms with van der Waals surface area (Å²) in [5.41, 5.74) is 1.57. The molecule has 0 saturated carbocycles. The van der Waals surface area contributed by atoms with Crippen molar-refractivity contribution < 1.29 is 17.9 Å². The Morgan fingerprint density at radius 2 is 1.47 bits per heavy atom. The number of rotatable bonds is 10. The van der Waals surface area contributed by atoms with E-state index in [1.807, 2.05) is 54.6 Å². The summed E-state index contributed by atoms with van der Waals surface area (Å²) in [5, 5.41) is 0. The van der Waals surface area contributed by atoms with E-state index >= 15 is 0 Å². The van der Waals surface area contributed by atoms with Crippen LogP contribution in [0.2, 0.25) is 0 Å². The quantitative estimate of drug-likeness (QED) is 0.406. The molecule has 0 saturated heterocycles. The van der Waals surface area contributed by atoms with Crippen molar-refractivity contribution in [2.45, 2.75) is 22.2 Å². The van der Waals surface area contributed by atoms with E-state index in [2.05, 4.69) is 9.97 Å². The van der Waals surface area contributed by atoms with Gasteiger partial charge in [-0.05, 0) is 23.3 Å². The van der Waals surface area contributed by atoms with Crippen LogP contribution < -0.4 is 9.47 Å². The van der Waals surface area contributed by atoms with Crippen molar-refractivity contribution in [1.82, 2.24) is 9.97 Å². The van der Waals surface area contributed by atoms with Crippen LogP contribution in [0.25, 0.3) is 0 Å². The molecule has 0 aliphatic carbocycles. The van der Waals surface area contributed by atoms with Crippen molar-refractivity contribution in [1.29, 1.82) is 0 Å². The maximum Gasteiger partial charge on any atom is 0.220 e. The zero-order chi connectivity index (χ0) is 21.4. The fraction of sp³-hybridized carbons (Fsp3) is 0.238. The molecule has 0 aliphatic rings. The SMILES string of the molecule is COc1cc(OC)nc(CSSc2cccc(CS(=O)(=O)Cc3ccccc3)c2)n1. The summed E-state index contributed by atoms with van der Waals surface area (Å²) in [6.45, 7) is 0. The molecular formula is C21H22N2O4S3. The lowest BCUT2D eigenvalue weighted by Crippen LogP contribution is -2.07. The molecule has 3 rings (SSSR count). The summed E-state index contributed by atoms with van der Waals surface area (Å²) < 4.78 is 35.4. The molecule has 0 fully saturated rings. The van der Waals surface area contributed by atoms with E-state index in [0.29, 0.717) is 23.3 Å². The van der Waals surface area contributed by atoms with Gasteiger partial charge in [0.15, 0.2) is 9.84 Å². The van der Waals surface area contributed by atoms with Crippen molar-refractivity contribution in [3.05, 3.63) is 77.6 Å². The minimum Gasteiger partial charge on any atom is -0.481 e. The second-order valence-electron chi connectivity index (χ2n) is 6.38. The van der Waals surface area contributed by atoms with Gasteiger partial charge in [0.25, 0.3) is 0 Å². The van der Waals surface area contributed by atoms with Crippen molar-refractivity contribution in [3.63, 3.8) is 0 Å². The molecule has 158 valence electrons. The first kappa shape index (κ1) is 22.5. The van der Waals surface area contributed by atoms with Crippen LogP contribution in [0.15, 0.2) is 65.6 Å². The summed E-state index contributed by atoms with van der Waals surface area (Å²) in [6, 6.07) is 18.4. The number of nitrogens with zero attached hydrogens (tertiary/aromatic N) is 2. The maximum atomic E-state index is 12.5. The summed E-state index contributed by atoms with van der Waals surface area (Å²) in [6.07, 6.45) is 0. The van der Waals surface area contributed by atoms with Crippen LogP contribution in [0.4, 0.5) is 0 Å². The molecule has 0 N–H and O–H groups in total. The number of benzene rings is 2. The lowest BCUT2D eigenvalue weighted by atomic mass is 10.2. The minimum absolute atomic E-state index is 0.0111. The number of hydrogen-bond acceptors (Lipinski definition) is 8. The van der Waals surface area contributed by atoms with Crippen LogP contribution in [0.1, 0.15) is 17.0 Å². The van der Waals surface area contributed by atoms with Gasteiger partial charge in [-0.15, -0.1) is 0 Å². The molecule has 1 heterocycles. The lowest BCUT2D eigenvalue weighted by Gasteiger charge is -2.08. The predicted molar refractivity (Wildman–Crippen MR) is 121 cm³/mol. The first-order valence-corrected chi connectivity index (χ1v) is 13.2. The Morgan fingerprint density at radius 1 is 0.833 bits per heavy atom. The monoisotopic (exact) mass is 462 g/mol. The van der Waals surface area contributed by atoms with E-state index in [9.17, 15) is 8.42 Å². The molecule has 30 heavy (non-hydrogen) atoms. The third-order valence-electron chi connectivity index (χ3n) is 4.00. The highest BCUT2D eigenvalue weighted by atomic mass is 33.1. The van der Waals surface area contributed by atoms with Gasteiger partial charge >= 0.3 is 0 Å². The zero-order valence-corrected chi connectivity index (χ0v) is 19.1. The van der Waals surface area contributed by atoms with Crippen LogP contribution in [0, 0.1) is 0 Å². The second kappa shape index (κ2) is 10.7. The highest BCUT2D eigenvalue weighted by Crippen LogP contribution is 2.34. The van der Waals surface area contributed by atoms with Crippen LogP contribution in [0.5, 0.6) is 11.8 Å². The highest BCUT2D eigenvalue weighted by molar-refractivity contribution is 8.76. The van der Waals surface area contributed by atoms with Gasteiger partial charge in [-0.3, -0.25) is 0 Å². The fourth-order valence-corrected chi connectivity index (χ4v) is 6.16. The minimum atomic E-state index is -3.25. The standard InChI is InChI=1S/C21H22N2O4S3/c1-26-20-12-21(27-2)23-19(22-20)13-28-29-18-10-6-9-17(11-18)15-30(24,25)14-16-7-4-3-5-8-16/h3-12H,13-15H2,1-2H3. The van der Waals surface area contributed by atoms with Crippen LogP contribution in [0.3, 0.4) is 0 Å². The molecule has 6 nitrogen and oxygen atoms in total. The van der Waals surface area contributed by atoms with E-state index in [-0.39, 0.29) is 11.5 Å². The Bertz CT molecular complexity index is 1050. The van der Waals surface area contributed by atoms with Gasteiger partial charge in [-0.25, -0.2) is 8.42 Å². The molecule has 0 radical (unpaired) electrons. The summed E-state index contributed by atoms with van der Waals surface area (Å²) >= 11 is 0. The Hall–Kier alpha value is -2.23. The number of hydrogen-bond donors (Lipinski definition) is 0. The molecule has 0 spiro atoms. The van der Waals surface area contributed by atoms with Crippen molar-refractivity contribution in [3.8, 4) is 11.8 Å². The molecule has 1 aromatic heterocycles. The topological polar surface area (TPSA) is 78.4 Å². The third kappa shape index (κ3) is 6.93. The van der Waals surface area contributed by atoms with Gasteiger partial charge in [0.1, 0.15) is 5.82 Å². The first-order valence-electron chi connectivity index (χ1n) is 9.06. The normalized spacial score (nSPS) is 11.3. The average molecular weight is 463 g/mol. The molecule has 0 aliphatic heterocycles. The van der Waals surface area contributed by atoms with E-state index in [1.54, 1.807) is 41.9 Å². The van der Waals surface area contributed by atoms with Crippen LogP contribution >= 0.6 is 21.6 Å². The molecule has 0 bridgehead atoms. The molecule has 3 aromatic rings. The van der Waals surface area contributed by atoms with Gasteiger partial charge in [0.2, 0.25) is 11.8 Å². The zero-order valence-electron chi connectivity index (χ0n) is 16.6. The number of sulfone groups is 1. The fourth-order valence-electron chi connectivity index (χ4n) is 2.69. The smallest absolute Gasteiger partial charge is 0.220 e. The van der Waals surface area contributed by atoms with Gasteiger partial charge in [0, 0.05) is 4.90 Å². The Kier molecular flexibility index (Phi) is 8.01. The first-order chi connectivity index (χ1) is 14.5. The Labute approximate surface area is 184 Å². The van der Waals surface area contributed by atoms with Gasteiger partial charge in [-0.1, -0.05) is 64.1 Å². The third-order valence-corrected chi connectivity index (χ3v) is 7.77. The number of methoxy groups -OCH3 is 2. The average Bonchev–Trinajstić information content (AvgIpc) is 2.73. The summed E-state index contributed by atoms with van der Waals surface area (Å²) in [4.78, 5) is 9.59. The number of aromatic nitrogens is 2. The van der Waals surface area contributed by atoms with E-state index in [4.69, 9.17) is 9.47 Å². The van der Waals surface area contributed by atoms with Crippen LogP contribution in [-0.2, 0) is 27.1 Å². The van der Waals surface area contributed by atoms with Gasteiger partial charge < -0.3 is 9.47 Å². The summed E-state index contributed by atoms with van der Waals surface area (Å²) in [7, 11) is 2.95. The predicted octanol–water partition coefficient (Wildman–Crippen LogP) is 4.55. The summed E-state index contributed by atoms with van der Waals surface area (Å²) in [5.74, 6) is 2.10. The largest absolute Gasteiger partial charge is 0.481 e. The van der Waals surface area contributed by atoms with Crippen molar-refractivity contribution >= 4 is 31.4 Å².